The van der Waals surface area contributed by atoms with Gasteiger partial charge in [0, 0.05) is 5.56 Å². The van der Waals surface area contributed by atoms with Crippen molar-refractivity contribution in [2.75, 3.05) is 5.32 Å². The molecule has 0 unspecified atom stereocenters. The number of hydrogen-bond donors (Lipinski definition) is 1. The highest BCUT2D eigenvalue weighted by Gasteiger charge is 2.13. The van der Waals surface area contributed by atoms with Crippen LogP contribution in [0.1, 0.15) is 27.0 Å². The van der Waals surface area contributed by atoms with Crippen LogP contribution in [0.15, 0.2) is 30.3 Å². The van der Waals surface area contributed by atoms with Gasteiger partial charge < -0.3 is 5.32 Å². The van der Waals surface area contributed by atoms with Crippen LogP contribution in [-0.4, -0.2) is 5.91 Å². The lowest BCUT2D eigenvalue weighted by atomic mass is 10.0. The quantitative estimate of drug-likeness (QED) is 0.814. The maximum atomic E-state index is 12.3. The highest BCUT2D eigenvalue weighted by Crippen LogP contribution is 2.30. The molecule has 0 radical (unpaired) electrons. The van der Waals surface area contributed by atoms with Crippen LogP contribution in [0.4, 0.5) is 5.69 Å². The van der Waals surface area contributed by atoms with Crippen molar-refractivity contribution in [3.63, 3.8) is 0 Å². The number of halogens is 2. The Labute approximate surface area is 128 Å². The molecule has 1 amide bonds. The number of rotatable bonds is 2. The zero-order chi connectivity index (χ0) is 14.9. The second kappa shape index (κ2) is 5.86. The van der Waals surface area contributed by atoms with E-state index in [0.29, 0.717) is 21.3 Å². The summed E-state index contributed by atoms with van der Waals surface area (Å²) in [6.07, 6.45) is 0. The molecule has 0 aliphatic carbocycles. The number of anilines is 1. The van der Waals surface area contributed by atoms with E-state index in [9.17, 15) is 4.79 Å². The molecule has 20 heavy (non-hydrogen) atoms. The fourth-order valence-corrected chi connectivity index (χ4v) is 2.34. The Bertz CT molecular complexity index is 680. The largest absolute Gasteiger partial charge is 0.321 e. The van der Waals surface area contributed by atoms with E-state index >= 15 is 0 Å². The normalized spacial score (nSPS) is 10.4. The van der Waals surface area contributed by atoms with Crippen molar-refractivity contribution in [1.82, 2.24) is 0 Å². The first kappa shape index (κ1) is 14.9. The number of amides is 1. The Morgan fingerprint density at radius 3 is 2.35 bits per heavy atom. The molecule has 2 nitrogen and oxygen atoms in total. The molecule has 0 spiro atoms. The summed E-state index contributed by atoms with van der Waals surface area (Å²) in [6.45, 7) is 5.93. The van der Waals surface area contributed by atoms with Gasteiger partial charge in [0.25, 0.3) is 5.91 Å². The summed E-state index contributed by atoms with van der Waals surface area (Å²) in [5, 5.41) is 3.57. The molecule has 0 saturated heterocycles. The zero-order valence-electron chi connectivity index (χ0n) is 11.6. The maximum absolute atomic E-state index is 12.3. The minimum Gasteiger partial charge on any atom is -0.321 e. The molecule has 0 heterocycles. The van der Waals surface area contributed by atoms with Crippen molar-refractivity contribution < 1.29 is 4.79 Å². The highest BCUT2D eigenvalue weighted by atomic mass is 35.5. The monoisotopic (exact) mass is 307 g/mol. The van der Waals surface area contributed by atoms with Gasteiger partial charge in [-0.15, -0.1) is 0 Å². The Morgan fingerprint density at radius 1 is 1.00 bits per heavy atom. The molecule has 0 bridgehead atoms. The van der Waals surface area contributed by atoms with Crippen LogP contribution in [0.5, 0.6) is 0 Å². The first-order valence-electron chi connectivity index (χ1n) is 6.23. The molecule has 2 aromatic rings. The SMILES string of the molecule is Cc1cc(C)c(C(=O)Nc2cccc(Cl)c2Cl)cc1C. The Balaban J connectivity index is 2.33. The molecule has 0 aliphatic heterocycles. The van der Waals surface area contributed by atoms with Gasteiger partial charge in [-0.25, -0.2) is 0 Å². The van der Waals surface area contributed by atoms with Crippen molar-refractivity contribution in [2.24, 2.45) is 0 Å². The number of nitrogens with one attached hydrogen (secondary N) is 1. The maximum Gasteiger partial charge on any atom is 0.255 e. The lowest BCUT2D eigenvalue weighted by molar-refractivity contribution is 0.102. The molecular formula is C16H15Cl2NO. The van der Waals surface area contributed by atoms with Gasteiger partial charge in [0.2, 0.25) is 0 Å². The third kappa shape index (κ3) is 2.97. The number of benzene rings is 2. The van der Waals surface area contributed by atoms with E-state index in [1.807, 2.05) is 32.9 Å². The topological polar surface area (TPSA) is 29.1 Å². The van der Waals surface area contributed by atoms with E-state index in [0.717, 1.165) is 11.1 Å². The van der Waals surface area contributed by atoms with Gasteiger partial charge in [-0.3, -0.25) is 4.79 Å². The van der Waals surface area contributed by atoms with Gasteiger partial charge >= 0.3 is 0 Å². The summed E-state index contributed by atoms with van der Waals surface area (Å²) in [5.74, 6) is -0.185. The summed E-state index contributed by atoms with van der Waals surface area (Å²) in [5.41, 5.74) is 4.34. The van der Waals surface area contributed by atoms with Crippen LogP contribution in [0.2, 0.25) is 10.0 Å². The number of carbonyl (C=O) groups excluding carboxylic acids is 1. The predicted molar refractivity (Wildman–Crippen MR) is 85.1 cm³/mol. The average Bonchev–Trinajstić information content (AvgIpc) is 2.39. The molecule has 4 heteroatoms. The van der Waals surface area contributed by atoms with E-state index in [-0.39, 0.29) is 5.91 Å². The third-order valence-electron chi connectivity index (χ3n) is 3.29. The van der Waals surface area contributed by atoms with Crippen LogP contribution in [-0.2, 0) is 0 Å². The summed E-state index contributed by atoms with van der Waals surface area (Å²) >= 11 is 12.0. The number of hydrogen-bond acceptors (Lipinski definition) is 1. The highest BCUT2D eigenvalue weighted by molar-refractivity contribution is 6.44. The summed E-state index contributed by atoms with van der Waals surface area (Å²) in [6, 6.07) is 9.04. The molecule has 2 rings (SSSR count). The summed E-state index contributed by atoms with van der Waals surface area (Å²) < 4.78 is 0. The second-order valence-electron chi connectivity index (χ2n) is 4.81. The van der Waals surface area contributed by atoms with Crippen LogP contribution >= 0.6 is 23.2 Å². The van der Waals surface area contributed by atoms with Crippen molar-refractivity contribution in [3.8, 4) is 0 Å². The van der Waals surface area contributed by atoms with Crippen LogP contribution < -0.4 is 5.32 Å². The first-order valence-corrected chi connectivity index (χ1v) is 6.99. The molecule has 0 fully saturated rings. The molecule has 104 valence electrons. The predicted octanol–water partition coefficient (Wildman–Crippen LogP) is 5.17. The van der Waals surface area contributed by atoms with Gasteiger partial charge in [0.15, 0.2) is 0 Å². The minimum atomic E-state index is -0.185. The summed E-state index contributed by atoms with van der Waals surface area (Å²) in [4.78, 5) is 12.3. The van der Waals surface area contributed by atoms with Crippen molar-refractivity contribution in [2.45, 2.75) is 20.8 Å². The van der Waals surface area contributed by atoms with E-state index in [2.05, 4.69) is 5.32 Å². The van der Waals surface area contributed by atoms with E-state index in [1.54, 1.807) is 18.2 Å². The Hall–Kier alpha value is -1.51. The van der Waals surface area contributed by atoms with E-state index in [1.165, 1.54) is 5.56 Å². The lowest BCUT2D eigenvalue weighted by Crippen LogP contribution is -2.14. The van der Waals surface area contributed by atoms with Crippen molar-refractivity contribution >= 4 is 34.8 Å². The molecule has 0 atom stereocenters. The Morgan fingerprint density at radius 2 is 1.65 bits per heavy atom. The van der Waals surface area contributed by atoms with Gasteiger partial charge in [-0.05, 0) is 55.7 Å². The summed E-state index contributed by atoms with van der Waals surface area (Å²) in [7, 11) is 0. The molecule has 0 aliphatic rings. The first-order chi connectivity index (χ1) is 9.40. The fourth-order valence-electron chi connectivity index (χ4n) is 2.00. The standard InChI is InChI=1S/C16H15Cl2NO/c1-9-7-11(3)12(8-10(9)2)16(20)19-14-6-4-5-13(17)15(14)18/h4-8H,1-3H3,(H,19,20). The third-order valence-corrected chi connectivity index (χ3v) is 4.10. The smallest absolute Gasteiger partial charge is 0.255 e. The van der Waals surface area contributed by atoms with Crippen LogP contribution in [0.25, 0.3) is 0 Å². The fraction of sp³-hybridized carbons (Fsp3) is 0.188. The number of carbonyl (C=O) groups is 1. The van der Waals surface area contributed by atoms with Crippen molar-refractivity contribution in [1.29, 1.82) is 0 Å². The van der Waals surface area contributed by atoms with E-state index in [4.69, 9.17) is 23.2 Å². The van der Waals surface area contributed by atoms with Crippen LogP contribution in [0.3, 0.4) is 0 Å². The minimum absolute atomic E-state index is 0.185. The van der Waals surface area contributed by atoms with Gasteiger partial charge in [0.1, 0.15) is 0 Å². The van der Waals surface area contributed by atoms with Crippen LogP contribution in [0, 0.1) is 20.8 Å². The molecule has 0 saturated carbocycles. The number of aryl methyl sites for hydroxylation is 3. The molecule has 0 aromatic heterocycles. The average molecular weight is 308 g/mol. The van der Waals surface area contributed by atoms with Gasteiger partial charge in [-0.2, -0.15) is 0 Å². The molecular weight excluding hydrogens is 293 g/mol. The molecule has 2 aromatic carbocycles. The second-order valence-corrected chi connectivity index (χ2v) is 5.59. The molecule has 1 N–H and O–H groups in total. The van der Waals surface area contributed by atoms with E-state index < -0.39 is 0 Å². The van der Waals surface area contributed by atoms with Crippen molar-refractivity contribution in [3.05, 3.63) is 62.6 Å². The zero-order valence-corrected chi connectivity index (χ0v) is 13.1. The Kier molecular flexibility index (Phi) is 4.36. The van der Waals surface area contributed by atoms with Gasteiger partial charge in [-0.1, -0.05) is 35.3 Å². The van der Waals surface area contributed by atoms with Gasteiger partial charge in [0.05, 0.1) is 15.7 Å². The lowest BCUT2D eigenvalue weighted by Gasteiger charge is -2.12.